The average molecular weight is 402 g/mol. The second-order valence-electron chi connectivity index (χ2n) is 7.84. The highest BCUT2D eigenvalue weighted by molar-refractivity contribution is 6.32. The van der Waals surface area contributed by atoms with Gasteiger partial charge in [0.25, 0.3) is 0 Å². The lowest BCUT2D eigenvalue weighted by Gasteiger charge is -2.25. The second-order valence-corrected chi connectivity index (χ2v) is 8.25. The Labute approximate surface area is 171 Å². The highest BCUT2D eigenvalue weighted by Crippen LogP contribution is 2.44. The van der Waals surface area contributed by atoms with Gasteiger partial charge in [-0.1, -0.05) is 17.7 Å². The van der Waals surface area contributed by atoms with Crippen molar-refractivity contribution in [2.45, 2.75) is 37.6 Å². The predicted molar refractivity (Wildman–Crippen MR) is 112 cm³/mol. The number of likely N-dealkylation sites (N-methyl/N-ethyl adjacent to an activating group) is 1. The molecule has 150 valence electrons. The molecule has 1 aliphatic rings. The number of carbonyl (C=O) groups excluding carboxylic acids is 1. The van der Waals surface area contributed by atoms with E-state index in [-0.39, 0.29) is 23.6 Å². The molecule has 1 heterocycles. The fourth-order valence-electron chi connectivity index (χ4n) is 3.56. The molecule has 1 aromatic carbocycles. The largest absolute Gasteiger partial charge is 0.506 e. The quantitative estimate of drug-likeness (QED) is 0.673. The number of aromatic nitrogens is 1. The number of halogens is 1. The number of nitrogens with one attached hydrogen (secondary N) is 1. The van der Waals surface area contributed by atoms with Crippen molar-refractivity contribution in [2.75, 3.05) is 20.6 Å². The number of phenols is 1. The molecule has 28 heavy (non-hydrogen) atoms. The van der Waals surface area contributed by atoms with Gasteiger partial charge >= 0.3 is 0 Å². The van der Waals surface area contributed by atoms with Crippen molar-refractivity contribution in [3.05, 3.63) is 58.9 Å². The Bertz CT molecular complexity index is 794. The summed E-state index contributed by atoms with van der Waals surface area (Å²) in [6.45, 7) is 0.568. The van der Waals surface area contributed by atoms with Crippen LogP contribution in [0.5, 0.6) is 5.75 Å². The van der Waals surface area contributed by atoms with Gasteiger partial charge in [-0.25, -0.2) is 0 Å². The lowest BCUT2D eigenvalue weighted by atomic mass is 9.91. The molecule has 2 aromatic rings. The van der Waals surface area contributed by atoms with Gasteiger partial charge in [-0.2, -0.15) is 0 Å². The van der Waals surface area contributed by atoms with Crippen LogP contribution in [0.1, 0.15) is 36.3 Å². The maximum Gasteiger partial charge on any atom is 0.220 e. The molecule has 2 atom stereocenters. The molecule has 0 aliphatic heterocycles. The number of phenolic OH excluding ortho intramolecular Hbond substituents is 1. The number of carbonyl (C=O) groups is 1. The van der Waals surface area contributed by atoms with E-state index in [9.17, 15) is 9.90 Å². The number of rotatable bonds is 9. The van der Waals surface area contributed by atoms with Gasteiger partial charge in [0.15, 0.2) is 0 Å². The molecule has 5 nitrogen and oxygen atoms in total. The summed E-state index contributed by atoms with van der Waals surface area (Å²) in [6.07, 6.45) is 7.24. The van der Waals surface area contributed by atoms with Crippen LogP contribution in [0.4, 0.5) is 0 Å². The minimum absolute atomic E-state index is 0.0855. The molecule has 1 amide bonds. The first kappa shape index (κ1) is 20.6. The number of hydrogen-bond acceptors (Lipinski definition) is 4. The third-order valence-electron chi connectivity index (χ3n) is 5.48. The van der Waals surface area contributed by atoms with Crippen LogP contribution < -0.4 is 5.32 Å². The standard InChI is InChI=1S/C22H28ClN3O2/c1-26(2)18(11-15-3-6-21(27)20(23)12-15)14-25-22(28)13-19(16-4-5-16)17-7-9-24-10-8-17/h3,6-10,12,16,18-19,27H,4-5,11,13-14H2,1-2H3,(H,25,28)/t18-,19-/m0/s1. The molecule has 2 N–H and O–H groups in total. The highest BCUT2D eigenvalue weighted by atomic mass is 35.5. The zero-order chi connectivity index (χ0) is 20.1. The van der Waals surface area contributed by atoms with Gasteiger partial charge in [0, 0.05) is 31.4 Å². The molecule has 0 bridgehead atoms. The molecule has 0 spiro atoms. The first-order chi connectivity index (χ1) is 13.4. The van der Waals surface area contributed by atoms with Gasteiger partial charge in [-0.3, -0.25) is 9.78 Å². The summed E-state index contributed by atoms with van der Waals surface area (Å²) in [7, 11) is 4.01. The molecule has 0 saturated heterocycles. The van der Waals surface area contributed by atoms with E-state index in [4.69, 9.17) is 11.6 Å². The van der Waals surface area contributed by atoms with Crippen LogP contribution >= 0.6 is 11.6 Å². The number of pyridine rings is 1. The Kier molecular flexibility index (Phi) is 6.92. The molecule has 3 rings (SSSR count). The molecule has 1 fully saturated rings. The molecule has 0 unspecified atom stereocenters. The summed E-state index contributed by atoms with van der Waals surface area (Å²) in [5.41, 5.74) is 2.24. The molecule has 1 saturated carbocycles. The van der Waals surface area contributed by atoms with Gasteiger partial charge in [-0.05, 0) is 80.6 Å². The topological polar surface area (TPSA) is 65.5 Å². The summed E-state index contributed by atoms with van der Waals surface area (Å²) in [5.74, 6) is 1.06. The van der Waals surface area contributed by atoms with Gasteiger partial charge in [0.1, 0.15) is 5.75 Å². The monoisotopic (exact) mass is 401 g/mol. The molecule has 1 aromatic heterocycles. The minimum atomic E-state index is 0.0855. The number of aromatic hydroxyl groups is 1. The van der Waals surface area contributed by atoms with Gasteiger partial charge in [-0.15, -0.1) is 0 Å². The lowest BCUT2D eigenvalue weighted by molar-refractivity contribution is -0.121. The Balaban J connectivity index is 1.56. The first-order valence-corrected chi connectivity index (χ1v) is 10.1. The van der Waals surface area contributed by atoms with Crippen LogP contribution in [0.2, 0.25) is 5.02 Å². The van der Waals surface area contributed by atoms with Crippen molar-refractivity contribution in [2.24, 2.45) is 5.92 Å². The van der Waals surface area contributed by atoms with E-state index in [1.54, 1.807) is 24.5 Å². The predicted octanol–water partition coefficient (Wildman–Crippen LogP) is 3.61. The minimum Gasteiger partial charge on any atom is -0.506 e. The summed E-state index contributed by atoms with van der Waals surface area (Å²) < 4.78 is 0. The number of hydrogen-bond donors (Lipinski definition) is 2. The number of benzene rings is 1. The van der Waals surface area contributed by atoms with Crippen LogP contribution in [0, 0.1) is 5.92 Å². The number of amides is 1. The van der Waals surface area contributed by atoms with Crippen LogP contribution in [0.25, 0.3) is 0 Å². The van der Waals surface area contributed by atoms with Crippen molar-refractivity contribution >= 4 is 17.5 Å². The Hall–Kier alpha value is -2.11. The van der Waals surface area contributed by atoms with E-state index < -0.39 is 0 Å². The van der Waals surface area contributed by atoms with Gasteiger partial charge in [0.2, 0.25) is 5.91 Å². The van der Waals surface area contributed by atoms with Crippen molar-refractivity contribution in [3.8, 4) is 5.75 Å². The van der Waals surface area contributed by atoms with E-state index in [0.717, 1.165) is 12.0 Å². The normalized spacial score (nSPS) is 16.0. The van der Waals surface area contributed by atoms with Crippen LogP contribution in [-0.2, 0) is 11.2 Å². The summed E-state index contributed by atoms with van der Waals surface area (Å²) >= 11 is 6.02. The molecule has 1 aliphatic carbocycles. The van der Waals surface area contributed by atoms with Crippen molar-refractivity contribution < 1.29 is 9.90 Å². The van der Waals surface area contributed by atoms with Crippen LogP contribution in [0.15, 0.2) is 42.7 Å². The third-order valence-corrected chi connectivity index (χ3v) is 5.78. The zero-order valence-corrected chi connectivity index (χ0v) is 17.2. The van der Waals surface area contributed by atoms with E-state index in [2.05, 4.69) is 15.2 Å². The van der Waals surface area contributed by atoms with E-state index in [1.807, 2.05) is 32.3 Å². The Morgan fingerprint density at radius 2 is 2.00 bits per heavy atom. The second kappa shape index (κ2) is 9.39. The van der Waals surface area contributed by atoms with Crippen LogP contribution in [-0.4, -0.2) is 47.6 Å². The van der Waals surface area contributed by atoms with E-state index in [0.29, 0.717) is 23.9 Å². The smallest absolute Gasteiger partial charge is 0.220 e. The Morgan fingerprint density at radius 3 is 2.61 bits per heavy atom. The highest BCUT2D eigenvalue weighted by Gasteiger charge is 2.33. The fourth-order valence-corrected chi connectivity index (χ4v) is 3.76. The van der Waals surface area contributed by atoms with Crippen molar-refractivity contribution in [3.63, 3.8) is 0 Å². The van der Waals surface area contributed by atoms with Gasteiger partial charge in [0.05, 0.1) is 5.02 Å². The average Bonchev–Trinajstić information content (AvgIpc) is 3.51. The first-order valence-electron chi connectivity index (χ1n) is 9.74. The van der Waals surface area contributed by atoms with Crippen molar-refractivity contribution in [1.82, 2.24) is 15.2 Å². The maximum atomic E-state index is 12.6. The van der Waals surface area contributed by atoms with Crippen LogP contribution in [0.3, 0.4) is 0 Å². The summed E-state index contributed by atoms with van der Waals surface area (Å²) in [6, 6.07) is 9.44. The summed E-state index contributed by atoms with van der Waals surface area (Å²) in [5, 5.41) is 13.1. The lowest BCUT2D eigenvalue weighted by Crippen LogP contribution is -2.42. The molecule has 0 radical (unpaired) electrons. The fraction of sp³-hybridized carbons (Fsp3) is 0.455. The SMILES string of the molecule is CN(C)[C@H](CNC(=O)C[C@H](c1ccncc1)C1CC1)Cc1ccc(O)c(Cl)c1. The summed E-state index contributed by atoms with van der Waals surface area (Å²) in [4.78, 5) is 18.8. The number of nitrogens with zero attached hydrogens (tertiary/aromatic N) is 2. The zero-order valence-electron chi connectivity index (χ0n) is 16.4. The third kappa shape index (κ3) is 5.69. The molecular weight excluding hydrogens is 374 g/mol. The van der Waals surface area contributed by atoms with E-state index >= 15 is 0 Å². The molecule has 6 heteroatoms. The Morgan fingerprint density at radius 1 is 1.29 bits per heavy atom. The maximum absolute atomic E-state index is 12.6. The van der Waals surface area contributed by atoms with E-state index in [1.165, 1.54) is 18.4 Å². The van der Waals surface area contributed by atoms with Gasteiger partial charge < -0.3 is 15.3 Å². The molecular formula is C22H28ClN3O2. The van der Waals surface area contributed by atoms with Crippen molar-refractivity contribution in [1.29, 1.82) is 0 Å².